The first-order valence-corrected chi connectivity index (χ1v) is 9.39. The molecule has 2 heterocycles. The van der Waals surface area contributed by atoms with Gasteiger partial charge in [-0.05, 0) is 36.8 Å². The Morgan fingerprint density at radius 3 is 2.69 bits per heavy atom. The van der Waals surface area contributed by atoms with E-state index < -0.39 is 0 Å². The number of carbonyl (C=O) groups excluding carboxylic acids is 2. The quantitative estimate of drug-likeness (QED) is 0.776. The summed E-state index contributed by atoms with van der Waals surface area (Å²) in [6.45, 7) is 3.49. The van der Waals surface area contributed by atoms with E-state index in [1.807, 2.05) is 40.1 Å². The van der Waals surface area contributed by atoms with Gasteiger partial charge in [-0.3, -0.25) is 9.59 Å². The fourth-order valence-electron chi connectivity index (χ4n) is 3.89. The van der Waals surface area contributed by atoms with Gasteiger partial charge in [-0.15, -0.1) is 0 Å². The van der Waals surface area contributed by atoms with Gasteiger partial charge in [0.15, 0.2) is 6.61 Å². The number of ether oxygens (including phenoxy) is 2. The van der Waals surface area contributed by atoms with Gasteiger partial charge in [-0.2, -0.15) is 0 Å². The van der Waals surface area contributed by atoms with Gasteiger partial charge in [0.05, 0.1) is 6.61 Å². The van der Waals surface area contributed by atoms with Crippen LogP contribution < -0.4 is 4.74 Å². The Bertz CT molecular complexity index is 607. The summed E-state index contributed by atoms with van der Waals surface area (Å²) in [7, 11) is 1.66. The molecule has 0 radical (unpaired) electrons. The molecule has 2 fully saturated rings. The summed E-state index contributed by atoms with van der Waals surface area (Å²) >= 11 is 0. The molecule has 2 aliphatic rings. The highest BCUT2D eigenvalue weighted by atomic mass is 16.5. The van der Waals surface area contributed by atoms with Gasteiger partial charge in [-0.1, -0.05) is 18.2 Å². The van der Waals surface area contributed by atoms with E-state index in [0.717, 1.165) is 25.9 Å². The Morgan fingerprint density at radius 1 is 1.15 bits per heavy atom. The SMILES string of the molecule is COCCN1CC[C@H]2CN(C(=O)COc3ccccc3)CC[C@H]2CC1=O. The lowest BCUT2D eigenvalue weighted by Gasteiger charge is -2.37. The molecule has 0 aromatic heterocycles. The standard InChI is InChI=1S/C20H28N2O4/c1-25-12-11-21-9-8-17-14-22(10-7-16(17)13-19(21)23)20(24)15-26-18-5-3-2-4-6-18/h2-6,16-17H,7-15H2,1H3/t16-,17-/m0/s1. The molecule has 0 N–H and O–H groups in total. The van der Waals surface area contributed by atoms with Crippen LogP contribution in [0, 0.1) is 11.8 Å². The molecule has 142 valence electrons. The zero-order valence-electron chi connectivity index (χ0n) is 15.4. The van der Waals surface area contributed by atoms with Crippen molar-refractivity contribution < 1.29 is 19.1 Å². The lowest BCUT2D eigenvalue weighted by atomic mass is 9.82. The Balaban J connectivity index is 1.51. The van der Waals surface area contributed by atoms with Gasteiger partial charge in [0.1, 0.15) is 5.75 Å². The third-order valence-electron chi connectivity index (χ3n) is 5.47. The minimum Gasteiger partial charge on any atom is -0.484 e. The number of hydrogen-bond donors (Lipinski definition) is 0. The molecule has 0 saturated carbocycles. The first-order chi connectivity index (χ1) is 12.7. The van der Waals surface area contributed by atoms with Gasteiger partial charge in [0.25, 0.3) is 5.91 Å². The van der Waals surface area contributed by atoms with Crippen molar-refractivity contribution in [3.63, 3.8) is 0 Å². The van der Waals surface area contributed by atoms with Crippen molar-refractivity contribution in [3.05, 3.63) is 30.3 Å². The Hall–Kier alpha value is -2.08. The van der Waals surface area contributed by atoms with Crippen LogP contribution in [0.4, 0.5) is 0 Å². The summed E-state index contributed by atoms with van der Waals surface area (Å²) in [6.07, 6.45) is 2.44. The molecule has 2 saturated heterocycles. The first-order valence-electron chi connectivity index (χ1n) is 9.39. The van der Waals surface area contributed by atoms with Crippen LogP contribution >= 0.6 is 0 Å². The highest BCUT2D eigenvalue weighted by molar-refractivity contribution is 5.78. The lowest BCUT2D eigenvalue weighted by Crippen LogP contribution is -2.45. The van der Waals surface area contributed by atoms with Crippen LogP contribution in [0.2, 0.25) is 0 Å². The second kappa shape index (κ2) is 9.03. The maximum atomic E-state index is 12.5. The summed E-state index contributed by atoms with van der Waals surface area (Å²) in [4.78, 5) is 28.7. The summed E-state index contributed by atoms with van der Waals surface area (Å²) in [5.41, 5.74) is 0. The predicted molar refractivity (Wildman–Crippen MR) is 97.8 cm³/mol. The molecule has 0 spiro atoms. The average Bonchev–Trinajstić information content (AvgIpc) is 2.83. The van der Waals surface area contributed by atoms with Crippen molar-refractivity contribution in [2.45, 2.75) is 19.3 Å². The summed E-state index contributed by atoms with van der Waals surface area (Å²) in [5.74, 6) is 1.74. The molecule has 3 rings (SSSR count). The molecule has 0 aliphatic carbocycles. The molecule has 2 aliphatic heterocycles. The van der Waals surface area contributed by atoms with Crippen LogP contribution in [0.3, 0.4) is 0 Å². The van der Waals surface area contributed by atoms with E-state index in [1.165, 1.54) is 0 Å². The van der Waals surface area contributed by atoms with Crippen LogP contribution in [0.5, 0.6) is 5.75 Å². The minimum atomic E-state index is 0.0270. The van der Waals surface area contributed by atoms with E-state index in [4.69, 9.17) is 9.47 Å². The highest BCUT2D eigenvalue weighted by Crippen LogP contribution is 2.32. The van der Waals surface area contributed by atoms with Crippen LogP contribution in [-0.4, -0.2) is 68.1 Å². The average molecular weight is 360 g/mol. The molecule has 1 aromatic carbocycles. The first kappa shape index (κ1) is 18.7. The fraction of sp³-hybridized carbons (Fsp3) is 0.600. The Morgan fingerprint density at radius 2 is 1.92 bits per heavy atom. The zero-order valence-corrected chi connectivity index (χ0v) is 15.4. The molecule has 0 bridgehead atoms. The molecule has 2 atom stereocenters. The van der Waals surface area contributed by atoms with Crippen molar-refractivity contribution >= 4 is 11.8 Å². The normalized spacial score (nSPS) is 23.3. The summed E-state index contributed by atoms with van der Waals surface area (Å²) < 4.78 is 10.7. The monoisotopic (exact) mass is 360 g/mol. The van der Waals surface area contributed by atoms with E-state index in [9.17, 15) is 9.59 Å². The minimum absolute atomic E-state index is 0.0270. The van der Waals surface area contributed by atoms with Crippen LogP contribution in [-0.2, 0) is 14.3 Å². The molecule has 26 heavy (non-hydrogen) atoms. The Kier molecular flexibility index (Phi) is 6.50. The van der Waals surface area contributed by atoms with E-state index in [0.29, 0.717) is 43.7 Å². The maximum absolute atomic E-state index is 12.5. The third-order valence-corrected chi connectivity index (χ3v) is 5.47. The molecule has 2 amide bonds. The van der Waals surface area contributed by atoms with E-state index in [1.54, 1.807) is 7.11 Å². The topological polar surface area (TPSA) is 59.1 Å². The molecular weight excluding hydrogens is 332 g/mol. The lowest BCUT2D eigenvalue weighted by molar-refractivity contribution is -0.136. The van der Waals surface area contributed by atoms with Crippen LogP contribution in [0.1, 0.15) is 19.3 Å². The summed E-state index contributed by atoms with van der Waals surface area (Å²) in [6, 6.07) is 9.41. The zero-order chi connectivity index (χ0) is 18.4. The number of carbonyl (C=O) groups is 2. The third kappa shape index (κ3) is 4.75. The van der Waals surface area contributed by atoms with E-state index in [-0.39, 0.29) is 18.4 Å². The van der Waals surface area contributed by atoms with Crippen LogP contribution in [0.15, 0.2) is 30.3 Å². The van der Waals surface area contributed by atoms with Crippen LogP contribution in [0.25, 0.3) is 0 Å². The highest BCUT2D eigenvalue weighted by Gasteiger charge is 2.36. The Labute approximate surface area is 155 Å². The molecule has 1 aromatic rings. The number of amides is 2. The fourth-order valence-corrected chi connectivity index (χ4v) is 3.89. The molecular formula is C20H28N2O4. The number of hydrogen-bond acceptors (Lipinski definition) is 4. The number of para-hydroxylation sites is 1. The van der Waals surface area contributed by atoms with Gasteiger partial charge >= 0.3 is 0 Å². The molecule has 0 unspecified atom stereocenters. The second-order valence-electron chi connectivity index (χ2n) is 7.12. The summed E-state index contributed by atoms with van der Waals surface area (Å²) in [5, 5.41) is 0. The number of benzene rings is 1. The van der Waals surface area contributed by atoms with Crippen molar-refractivity contribution in [1.29, 1.82) is 0 Å². The van der Waals surface area contributed by atoms with E-state index >= 15 is 0 Å². The number of likely N-dealkylation sites (tertiary alicyclic amines) is 2. The van der Waals surface area contributed by atoms with Crippen molar-refractivity contribution in [3.8, 4) is 5.75 Å². The maximum Gasteiger partial charge on any atom is 0.260 e. The number of nitrogens with zero attached hydrogens (tertiary/aromatic N) is 2. The van der Waals surface area contributed by atoms with Gasteiger partial charge in [-0.25, -0.2) is 0 Å². The van der Waals surface area contributed by atoms with Crippen molar-refractivity contribution in [2.75, 3.05) is 46.5 Å². The molecule has 6 nitrogen and oxygen atoms in total. The van der Waals surface area contributed by atoms with Gasteiger partial charge < -0.3 is 19.3 Å². The van der Waals surface area contributed by atoms with Gasteiger partial charge in [0, 0.05) is 39.7 Å². The second-order valence-corrected chi connectivity index (χ2v) is 7.12. The predicted octanol–water partition coefficient (Wildman–Crippen LogP) is 1.80. The number of methoxy groups -OCH3 is 1. The largest absolute Gasteiger partial charge is 0.484 e. The number of fused-ring (bicyclic) bond motifs is 1. The number of rotatable bonds is 6. The molecule has 6 heteroatoms. The number of piperidine rings is 1. The smallest absolute Gasteiger partial charge is 0.260 e. The van der Waals surface area contributed by atoms with Crippen molar-refractivity contribution in [2.24, 2.45) is 11.8 Å². The van der Waals surface area contributed by atoms with Crippen molar-refractivity contribution in [1.82, 2.24) is 9.80 Å². The van der Waals surface area contributed by atoms with Gasteiger partial charge in [0.2, 0.25) is 5.91 Å². The van der Waals surface area contributed by atoms with E-state index in [2.05, 4.69) is 0 Å².